The van der Waals surface area contributed by atoms with Crippen molar-refractivity contribution in [2.24, 2.45) is 5.92 Å². The van der Waals surface area contributed by atoms with Crippen LogP contribution in [0.4, 0.5) is 0 Å². The molecule has 1 aromatic carbocycles. The van der Waals surface area contributed by atoms with Gasteiger partial charge in [0.25, 0.3) is 0 Å². The van der Waals surface area contributed by atoms with Gasteiger partial charge in [0, 0.05) is 6.54 Å². The maximum atomic E-state index is 11.7. The Morgan fingerprint density at radius 1 is 1.42 bits per heavy atom. The average molecular weight is 265 g/mol. The maximum Gasteiger partial charge on any atom is 0.231 e. The molecule has 0 spiro atoms. The fourth-order valence-corrected chi connectivity index (χ4v) is 1.97. The SMILES string of the molecule is CCC(CO)C(=O)NCCc1ccc2c(c1)OCO2. The number of hydrogen-bond donors (Lipinski definition) is 2. The number of hydrogen-bond acceptors (Lipinski definition) is 4. The van der Waals surface area contributed by atoms with E-state index in [2.05, 4.69) is 5.32 Å². The normalized spacial score (nSPS) is 14.2. The molecule has 2 rings (SSSR count). The minimum atomic E-state index is -0.309. The van der Waals surface area contributed by atoms with Crippen LogP contribution in [0.15, 0.2) is 18.2 Å². The van der Waals surface area contributed by atoms with E-state index in [4.69, 9.17) is 14.6 Å². The van der Waals surface area contributed by atoms with E-state index in [1.165, 1.54) is 0 Å². The fourth-order valence-electron chi connectivity index (χ4n) is 1.97. The van der Waals surface area contributed by atoms with Gasteiger partial charge in [-0.2, -0.15) is 0 Å². The Bertz CT molecular complexity index is 443. The summed E-state index contributed by atoms with van der Waals surface area (Å²) in [6.07, 6.45) is 1.37. The van der Waals surface area contributed by atoms with Crippen LogP contribution >= 0.6 is 0 Å². The van der Waals surface area contributed by atoms with Gasteiger partial charge in [-0.25, -0.2) is 0 Å². The van der Waals surface area contributed by atoms with Gasteiger partial charge in [-0.1, -0.05) is 13.0 Å². The molecule has 1 aliphatic heterocycles. The Morgan fingerprint density at radius 2 is 2.21 bits per heavy atom. The number of aliphatic hydroxyl groups is 1. The Morgan fingerprint density at radius 3 is 2.95 bits per heavy atom. The van der Waals surface area contributed by atoms with Crippen LogP contribution in [0.2, 0.25) is 0 Å². The minimum absolute atomic E-state index is 0.0919. The second-order valence-electron chi connectivity index (χ2n) is 4.52. The van der Waals surface area contributed by atoms with Gasteiger partial charge >= 0.3 is 0 Å². The number of carbonyl (C=O) groups excluding carboxylic acids is 1. The second-order valence-corrected chi connectivity index (χ2v) is 4.52. The van der Waals surface area contributed by atoms with E-state index in [0.717, 1.165) is 23.5 Å². The van der Waals surface area contributed by atoms with Gasteiger partial charge < -0.3 is 19.9 Å². The number of rotatable bonds is 6. The highest BCUT2D eigenvalue weighted by Gasteiger charge is 2.15. The topological polar surface area (TPSA) is 67.8 Å². The lowest BCUT2D eigenvalue weighted by Crippen LogP contribution is -2.33. The number of amides is 1. The summed E-state index contributed by atoms with van der Waals surface area (Å²) in [5.41, 5.74) is 1.08. The highest BCUT2D eigenvalue weighted by molar-refractivity contribution is 5.78. The molecule has 1 aliphatic rings. The lowest BCUT2D eigenvalue weighted by atomic mass is 10.1. The molecule has 0 bridgehead atoms. The van der Waals surface area contributed by atoms with E-state index >= 15 is 0 Å². The number of fused-ring (bicyclic) bond motifs is 1. The van der Waals surface area contributed by atoms with Crippen molar-refractivity contribution in [2.45, 2.75) is 19.8 Å². The molecule has 0 saturated heterocycles. The van der Waals surface area contributed by atoms with Crippen molar-refractivity contribution >= 4 is 5.91 Å². The van der Waals surface area contributed by atoms with Crippen LogP contribution in [-0.2, 0) is 11.2 Å². The van der Waals surface area contributed by atoms with E-state index in [1.807, 2.05) is 25.1 Å². The van der Waals surface area contributed by atoms with Crippen molar-refractivity contribution in [3.63, 3.8) is 0 Å². The lowest BCUT2D eigenvalue weighted by Gasteiger charge is -2.12. The Kier molecular flexibility index (Phi) is 4.63. The zero-order valence-corrected chi connectivity index (χ0v) is 11.0. The minimum Gasteiger partial charge on any atom is -0.454 e. The van der Waals surface area contributed by atoms with Crippen molar-refractivity contribution in [2.75, 3.05) is 19.9 Å². The van der Waals surface area contributed by atoms with E-state index in [9.17, 15) is 4.79 Å². The van der Waals surface area contributed by atoms with Gasteiger partial charge in [-0.15, -0.1) is 0 Å². The standard InChI is InChI=1S/C14H19NO4/c1-2-11(8-16)14(17)15-6-5-10-3-4-12-13(7-10)19-9-18-12/h3-4,7,11,16H,2,5-6,8-9H2,1H3,(H,15,17). The van der Waals surface area contributed by atoms with Gasteiger partial charge in [0.1, 0.15) is 0 Å². The zero-order valence-electron chi connectivity index (χ0n) is 11.0. The number of nitrogens with one attached hydrogen (secondary N) is 1. The molecule has 0 aliphatic carbocycles. The predicted octanol–water partition coefficient (Wildman–Crippen LogP) is 1.09. The van der Waals surface area contributed by atoms with E-state index in [-0.39, 0.29) is 25.2 Å². The molecule has 0 saturated carbocycles. The van der Waals surface area contributed by atoms with Gasteiger partial charge in [0.05, 0.1) is 12.5 Å². The van der Waals surface area contributed by atoms with Crippen molar-refractivity contribution in [1.29, 1.82) is 0 Å². The first kappa shape index (κ1) is 13.7. The molecule has 0 fully saturated rings. The van der Waals surface area contributed by atoms with Gasteiger partial charge in [0.2, 0.25) is 12.7 Å². The molecule has 1 unspecified atom stereocenters. The molecule has 0 aromatic heterocycles. The lowest BCUT2D eigenvalue weighted by molar-refractivity contribution is -0.126. The van der Waals surface area contributed by atoms with E-state index in [0.29, 0.717) is 13.0 Å². The van der Waals surface area contributed by atoms with E-state index < -0.39 is 0 Å². The van der Waals surface area contributed by atoms with Crippen molar-refractivity contribution < 1.29 is 19.4 Å². The van der Waals surface area contributed by atoms with Gasteiger partial charge in [-0.05, 0) is 30.5 Å². The van der Waals surface area contributed by atoms with Crippen molar-refractivity contribution in [3.05, 3.63) is 23.8 Å². The average Bonchev–Trinajstić information content (AvgIpc) is 2.87. The Balaban J connectivity index is 1.81. The van der Waals surface area contributed by atoms with Crippen LogP contribution in [0.1, 0.15) is 18.9 Å². The summed E-state index contributed by atoms with van der Waals surface area (Å²) in [7, 11) is 0. The first-order chi connectivity index (χ1) is 9.24. The van der Waals surface area contributed by atoms with Gasteiger partial charge in [-0.3, -0.25) is 4.79 Å². The van der Waals surface area contributed by atoms with Crippen LogP contribution in [0.5, 0.6) is 11.5 Å². The maximum absolute atomic E-state index is 11.7. The van der Waals surface area contributed by atoms with E-state index in [1.54, 1.807) is 0 Å². The second kappa shape index (κ2) is 6.43. The molecule has 1 aromatic rings. The number of carbonyl (C=O) groups is 1. The smallest absolute Gasteiger partial charge is 0.231 e. The van der Waals surface area contributed by atoms with Crippen LogP contribution in [-0.4, -0.2) is 31.0 Å². The first-order valence-electron chi connectivity index (χ1n) is 6.51. The molecule has 2 N–H and O–H groups in total. The fraction of sp³-hybridized carbons (Fsp3) is 0.500. The zero-order chi connectivity index (χ0) is 13.7. The third-order valence-corrected chi connectivity index (χ3v) is 3.23. The number of ether oxygens (including phenoxy) is 2. The first-order valence-corrected chi connectivity index (χ1v) is 6.51. The molecular formula is C14H19NO4. The molecule has 19 heavy (non-hydrogen) atoms. The Labute approximate surface area is 112 Å². The Hall–Kier alpha value is -1.75. The van der Waals surface area contributed by atoms with Crippen LogP contribution in [0, 0.1) is 5.92 Å². The summed E-state index contributed by atoms with van der Waals surface area (Å²) < 4.78 is 10.5. The third-order valence-electron chi connectivity index (χ3n) is 3.23. The molecule has 5 heteroatoms. The molecular weight excluding hydrogens is 246 g/mol. The summed E-state index contributed by atoms with van der Waals surface area (Å²) in [6.45, 7) is 2.60. The van der Waals surface area contributed by atoms with Crippen molar-refractivity contribution in [1.82, 2.24) is 5.32 Å². The van der Waals surface area contributed by atoms with Crippen LogP contribution < -0.4 is 14.8 Å². The van der Waals surface area contributed by atoms with Crippen molar-refractivity contribution in [3.8, 4) is 11.5 Å². The summed E-state index contributed by atoms with van der Waals surface area (Å²) in [4.78, 5) is 11.7. The number of benzene rings is 1. The summed E-state index contributed by atoms with van der Waals surface area (Å²) in [5, 5.41) is 11.9. The molecule has 1 amide bonds. The molecule has 104 valence electrons. The highest BCUT2D eigenvalue weighted by Crippen LogP contribution is 2.32. The highest BCUT2D eigenvalue weighted by atomic mass is 16.7. The monoisotopic (exact) mass is 265 g/mol. The molecule has 1 atom stereocenters. The van der Waals surface area contributed by atoms with Crippen LogP contribution in [0.25, 0.3) is 0 Å². The predicted molar refractivity (Wildman–Crippen MR) is 70.1 cm³/mol. The molecule has 0 radical (unpaired) electrons. The van der Waals surface area contributed by atoms with Crippen LogP contribution in [0.3, 0.4) is 0 Å². The molecule has 1 heterocycles. The largest absolute Gasteiger partial charge is 0.454 e. The van der Waals surface area contributed by atoms with Gasteiger partial charge in [0.15, 0.2) is 11.5 Å². The summed E-state index contributed by atoms with van der Waals surface area (Å²) >= 11 is 0. The third kappa shape index (κ3) is 3.38. The quantitative estimate of drug-likeness (QED) is 0.808. The molecule has 5 nitrogen and oxygen atoms in total. The number of aliphatic hydroxyl groups excluding tert-OH is 1. The summed E-state index contributed by atoms with van der Waals surface area (Å²) in [6, 6.07) is 5.77. The summed E-state index contributed by atoms with van der Waals surface area (Å²) in [5.74, 6) is 1.12.